The van der Waals surface area contributed by atoms with Gasteiger partial charge in [0.25, 0.3) is 0 Å². The number of rotatable bonds is 7. The Labute approximate surface area is 178 Å². The maximum Gasteiger partial charge on any atom is 0.148 e. The molecule has 0 bridgehead atoms. The molecule has 0 saturated heterocycles. The zero-order chi connectivity index (χ0) is 20.9. The lowest BCUT2D eigenvalue weighted by Crippen LogP contribution is -2.08. The number of hydrogen-bond donors (Lipinski definition) is 0. The molecule has 0 spiro atoms. The van der Waals surface area contributed by atoms with Crippen molar-refractivity contribution in [2.45, 2.75) is 39.8 Å². The fourth-order valence-corrected chi connectivity index (χ4v) is 3.68. The van der Waals surface area contributed by atoms with Crippen molar-refractivity contribution >= 4 is 17.1 Å². The lowest BCUT2D eigenvalue weighted by Gasteiger charge is -2.15. The van der Waals surface area contributed by atoms with E-state index in [0.717, 1.165) is 29.2 Å². The van der Waals surface area contributed by atoms with Crippen LogP contribution in [0.4, 0.5) is 0 Å². The molecule has 0 saturated carbocycles. The molecule has 1 heterocycles. The summed E-state index contributed by atoms with van der Waals surface area (Å²) in [6, 6.07) is 25.1. The van der Waals surface area contributed by atoms with Gasteiger partial charge in [0.1, 0.15) is 18.2 Å². The van der Waals surface area contributed by atoms with Crippen molar-refractivity contribution in [2.24, 2.45) is 0 Å². The maximum absolute atomic E-state index is 6.29. The Morgan fingerprint density at radius 3 is 2.53 bits per heavy atom. The number of imidazole rings is 1. The fraction of sp³-hybridized carbons (Fsp3) is 0.222. The largest absolute Gasteiger partial charge is 0.485 e. The Kier molecular flexibility index (Phi) is 5.99. The van der Waals surface area contributed by atoms with Crippen LogP contribution in [0, 0.1) is 6.92 Å². The number of hydrogen-bond acceptors (Lipinski definition) is 2. The Morgan fingerprint density at radius 1 is 0.967 bits per heavy atom. The van der Waals surface area contributed by atoms with Gasteiger partial charge in [-0.05, 0) is 47.7 Å². The van der Waals surface area contributed by atoms with Crippen LogP contribution in [0.2, 0.25) is 0 Å². The molecule has 0 aliphatic heterocycles. The highest BCUT2D eigenvalue weighted by atomic mass is 16.5. The van der Waals surface area contributed by atoms with Crippen molar-refractivity contribution in [1.29, 1.82) is 0 Å². The predicted molar refractivity (Wildman–Crippen MR) is 125 cm³/mol. The zero-order valence-corrected chi connectivity index (χ0v) is 17.9. The van der Waals surface area contributed by atoms with E-state index in [1.807, 2.05) is 12.1 Å². The molecule has 0 aliphatic rings. The Hall–Kier alpha value is -3.33. The molecule has 0 unspecified atom stereocenters. The van der Waals surface area contributed by atoms with Crippen LogP contribution in [-0.4, -0.2) is 9.55 Å². The minimum absolute atomic E-state index is 0.410. The van der Waals surface area contributed by atoms with Crippen molar-refractivity contribution < 1.29 is 4.74 Å². The van der Waals surface area contributed by atoms with Crippen LogP contribution in [0.1, 0.15) is 42.3 Å². The first kappa shape index (κ1) is 20.0. The molecule has 3 nitrogen and oxygen atoms in total. The molecule has 0 radical (unpaired) electrons. The van der Waals surface area contributed by atoms with E-state index in [0.29, 0.717) is 12.5 Å². The summed E-state index contributed by atoms with van der Waals surface area (Å²) < 4.78 is 8.53. The highest BCUT2D eigenvalue weighted by molar-refractivity contribution is 5.76. The van der Waals surface area contributed by atoms with Crippen LogP contribution < -0.4 is 4.74 Å². The minimum atomic E-state index is 0.410. The van der Waals surface area contributed by atoms with Gasteiger partial charge in [0.05, 0.1) is 11.0 Å². The van der Waals surface area contributed by atoms with E-state index in [9.17, 15) is 0 Å². The third-order valence-electron chi connectivity index (χ3n) is 5.28. The molecule has 152 valence electrons. The molecule has 4 rings (SSSR count). The number of aryl methyl sites for hydroxylation is 1. The summed E-state index contributed by atoms with van der Waals surface area (Å²) in [5, 5.41) is 0. The zero-order valence-electron chi connectivity index (χ0n) is 17.9. The molecule has 0 N–H and O–H groups in total. The SMILES string of the molecule is Cc1ccc(C(C)C)c(OCc2nc3ccccc3n2C/C=C/c2ccccc2)c1. The first-order chi connectivity index (χ1) is 14.6. The lowest BCUT2D eigenvalue weighted by molar-refractivity contribution is 0.287. The summed E-state index contributed by atoms with van der Waals surface area (Å²) in [6.07, 6.45) is 4.33. The summed E-state index contributed by atoms with van der Waals surface area (Å²) >= 11 is 0. The second-order valence-corrected chi connectivity index (χ2v) is 7.93. The van der Waals surface area contributed by atoms with E-state index < -0.39 is 0 Å². The van der Waals surface area contributed by atoms with Gasteiger partial charge in [-0.15, -0.1) is 0 Å². The number of allylic oxidation sites excluding steroid dienone is 1. The summed E-state index contributed by atoms with van der Waals surface area (Å²) in [6.45, 7) is 7.68. The molecule has 0 amide bonds. The van der Waals surface area contributed by atoms with Crippen molar-refractivity contribution in [3.05, 3.63) is 101 Å². The van der Waals surface area contributed by atoms with Crippen molar-refractivity contribution in [2.75, 3.05) is 0 Å². The van der Waals surface area contributed by atoms with E-state index in [-0.39, 0.29) is 0 Å². The average molecular weight is 397 g/mol. The predicted octanol–water partition coefficient (Wildman–Crippen LogP) is 6.76. The normalized spacial score (nSPS) is 11.6. The molecule has 30 heavy (non-hydrogen) atoms. The molecular weight excluding hydrogens is 368 g/mol. The highest BCUT2D eigenvalue weighted by Gasteiger charge is 2.13. The third kappa shape index (κ3) is 4.46. The average Bonchev–Trinajstić information content (AvgIpc) is 3.10. The topological polar surface area (TPSA) is 27.1 Å². The molecular formula is C27H28N2O. The molecule has 3 heteroatoms. The van der Waals surface area contributed by atoms with Gasteiger partial charge in [-0.1, -0.05) is 80.6 Å². The van der Waals surface area contributed by atoms with E-state index in [1.165, 1.54) is 16.7 Å². The van der Waals surface area contributed by atoms with Crippen LogP contribution in [-0.2, 0) is 13.2 Å². The summed E-state index contributed by atoms with van der Waals surface area (Å²) in [5.74, 6) is 2.29. The molecule has 0 fully saturated rings. The number of fused-ring (bicyclic) bond motifs is 1. The second kappa shape index (κ2) is 9.00. The van der Waals surface area contributed by atoms with Gasteiger partial charge in [0, 0.05) is 6.54 Å². The second-order valence-electron chi connectivity index (χ2n) is 7.93. The summed E-state index contributed by atoms with van der Waals surface area (Å²) in [5.41, 5.74) is 5.75. The van der Waals surface area contributed by atoms with Crippen molar-refractivity contribution in [1.82, 2.24) is 9.55 Å². The number of benzene rings is 3. The molecule has 3 aromatic carbocycles. The molecule has 0 atom stereocenters. The standard InChI is InChI=1S/C27H28N2O/c1-20(2)23-16-15-21(3)18-26(23)30-19-27-28-24-13-7-8-14-25(24)29(27)17-9-12-22-10-5-4-6-11-22/h4-16,18,20H,17,19H2,1-3H3/b12-9+. The van der Waals surface area contributed by atoms with Gasteiger partial charge in [0.2, 0.25) is 0 Å². The maximum atomic E-state index is 6.29. The van der Waals surface area contributed by atoms with E-state index >= 15 is 0 Å². The number of nitrogens with zero attached hydrogens (tertiary/aromatic N) is 2. The summed E-state index contributed by atoms with van der Waals surface area (Å²) in [4.78, 5) is 4.85. The number of aromatic nitrogens is 2. The highest BCUT2D eigenvalue weighted by Crippen LogP contribution is 2.28. The molecule has 4 aromatic rings. The number of para-hydroxylation sites is 2. The molecule has 1 aromatic heterocycles. The van der Waals surface area contributed by atoms with E-state index in [4.69, 9.17) is 9.72 Å². The first-order valence-electron chi connectivity index (χ1n) is 10.5. The monoisotopic (exact) mass is 396 g/mol. The van der Waals surface area contributed by atoms with Gasteiger partial charge in [0.15, 0.2) is 0 Å². The van der Waals surface area contributed by atoms with Crippen LogP contribution in [0.3, 0.4) is 0 Å². The van der Waals surface area contributed by atoms with Gasteiger partial charge >= 0.3 is 0 Å². The van der Waals surface area contributed by atoms with E-state index in [1.54, 1.807) is 0 Å². The first-order valence-corrected chi connectivity index (χ1v) is 10.5. The van der Waals surface area contributed by atoms with Gasteiger partial charge < -0.3 is 9.30 Å². The van der Waals surface area contributed by atoms with Gasteiger partial charge in [-0.3, -0.25) is 0 Å². The fourth-order valence-electron chi connectivity index (χ4n) is 3.68. The van der Waals surface area contributed by atoms with E-state index in [2.05, 4.69) is 98.2 Å². The van der Waals surface area contributed by atoms with Gasteiger partial charge in [-0.25, -0.2) is 4.98 Å². The van der Waals surface area contributed by atoms with Crippen LogP contribution in [0.25, 0.3) is 17.1 Å². The van der Waals surface area contributed by atoms with Crippen LogP contribution in [0.5, 0.6) is 5.75 Å². The molecule has 0 aliphatic carbocycles. The minimum Gasteiger partial charge on any atom is -0.485 e. The van der Waals surface area contributed by atoms with Crippen LogP contribution >= 0.6 is 0 Å². The quantitative estimate of drug-likeness (QED) is 0.345. The Bertz CT molecular complexity index is 1160. The van der Waals surface area contributed by atoms with Crippen LogP contribution in [0.15, 0.2) is 78.9 Å². The van der Waals surface area contributed by atoms with Crippen molar-refractivity contribution in [3.8, 4) is 5.75 Å². The number of ether oxygens (including phenoxy) is 1. The Balaban J connectivity index is 1.61. The lowest BCUT2D eigenvalue weighted by atomic mass is 10.0. The van der Waals surface area contributed by atoms with Gasteiger partial charge in [-0.2, -0.15) is 0 Å². The van der Waals surface area contributed by atoms with Crippen molar-refractivity contribution in [3.63, 3.8) is 0 Å². The third-order valence-corrected chi connectivity index (χ3v) is 5.28. The Morgan fingerprint density at radius 2 is 1.73 bits per heavy atom. The smallest absolute Gasteiger partial charge is 0.148 e. The summed E-state index contributed by atoms with van der Waals surface area (Å²) in [7, 11) is 0.